The number of hydrogen-bond acceptors (Lipinski definition) is 4. The van der Waals surface area contributed by atoms with Crippen molar-refractivity contribution in [1.82, 2.24) is 14.5 Å². The Hall–Kier alpha value is -4.00. The number of nitrogens with two attached hydrogens (primary N) is 1. The van der Waals surface area contributed by atoms with Gasteiger partial charge in [0.25, 0.3) is 0 Å². The highest BCUT2D eigenvalue weighted by Gasteiger charge is 2.18. The van der Waals surface area contributed by atoms with Crippen LogP contribution in [0.3, 0.4) is 0 Å². The van der Waals surface area contributed by atoms with E-state index < -0.39 is 7.05 Å². The van der Waals surface area contributed by atoms with Gasteiger partial charge in [0, 0.05) is 21.7 Å². The molecule has 0 aliphatic rings. The van der Waals surface area contributed by atoms with Gasteiger partial charge in [-0.1, -0.05) is 78.9 Å². The Balaban J connectivity index is 1.72. The minimum atomic E-state index is -1.02. The molecule has 6 rings (SSSR count). The van der Waals surface area contributed by atoms with Crippen LogP contribution >= 0.6 is 0 Å². The fraction of sp³-hybridized carbons (Fsp3) is 0. The lowest BCUT2D eigenvalue weighted by Gasteiger charge is -2.11. The third-order valence-electron chi connectivity index (χ3n) is 5.88. The van der Waals surface area contributed by atoms with Gasteiger partial charge in [0.05, 0.1) is 22.2 Å². The van der Waals surface area contributed by atoms with E-state index in [1.807, 2.05) is 66.7 Å². The van der Waals surface area contributed by atoms with Crippen molar-refractivity contribution in [3.05, 3.63) is 97.1 Å². The fourth-order valence-electron chi connectivity index (χ4n) is 4.37. The molecule has 4 aromatic carbocycles. The summed E-state index contributed by atoms with van der Waals surface area (Å²) in [5.74, 6) is 0.606. The Morgan fingerprint density at radius 1 is 0.688 bits per heavy atom. The van der Waals surface area contributed by atoms with Crippen molar-refractivity contribution < 1.29 is 5.02 Å². The quantitative estimate of drug-likeness (QED) is 0.429. The molecule has 0 bridgehead atoms. The van der Waals surface area contributed by atoms with E-state index in [0.717, 1.165) is 44.0 Å². The molecule has 152 valence electrons. The zero-order valence-electron chi connectivity index (χ0n) is 17.2. The van der Waals surface area contributed by atoms with Crippen LogP contribution in [0.4, 0.5) is 0 Å². The molecule has 0 aliphatic heterocycles. The van der Waals surface area contributed by atoms with Crippen LogP contribution in [0.5, 0.6) is 0 Å². The normalized spacial score (nSPS) is 11.4. The molecule has 6 aromatic rings. The van der Waals surface area contributed by atoms with Gasteiger partial charge in [0.15, 0.2) is 0 Å². The minimum absolute atomic E-state index is 0.606. The molecule has 0 atom stereocenters. The molecule has 32 heavy (non-hydrogen) atoms. The molecule has 0 radical (unpaired) electrons. The lowest BCUT2D eigenvalue weighted by molar-refractivity contribution is 0.588. The molecule has 0 amide bonds. The largest absolute Gasteiger partial charge is 0.434 e. The van der Waals surface area contributed by atoms with E-state index in [2.05, 4.69) is 34.9 Å². The Morgan fingerprint density at radius 2 is 1.38 bits per heavy atom. The molecule has 0 fully saturated rings. The molecule has 0 unspecified atom stereocenters. The zero-order chi connectivity index (χ0) is 21.7. The van der Waals surface area contributed by atoms with Crippen LogP contribution in [0.25, 0.3) is 49.9 Å². The van der Waals surface area contributed by atoms with E-state index in [-0.39, 0.29) is 0 Å². The maximum Gasteiger partial charge on any atom is 0.410 e. The van der Waals surface area contributed by atoms with Gasteiger partial charge in [0.1, 0.15) is 0 Å². The van der Waals surface area contributed by atoms with Crippen LogP contribution in [0.2, 0.25) is 0 Å². The van der Waals surface area contributed by atoms with Gasteiger partial charge in [0.2, 0.25) is 5.95 Å². The minimum Gasteiger partial charge on any atom is -0.434 e. The Bertz CT molecular complexity index is 1610. The fourth-order valence-corrected chi connectivity index (χ4v) is 4.37. The highest BCUT2D eigenvalue weighted by Crippen LogP contribution is 2.33. The maximum absolute atomic E-state index is 9.91. The van der Waals surface area contributed by atoms with E-state index in [1.54, 1.807) is 0 Å². The molecule has 2 heterocycles. The Morgan fingerprint density at radius 3 is 2.19 bits per heavy atom. The molecule has 0 saturated heterocycles. The van der Waals surface area contributed by atoms with Gasteiger partial charge >= 0.3 is 7.05 Å². The second-order valence-electron chi connectivity index (χ2n) is 7.83. The van der Waals surface area contributed by atoms with Crippen molar-refractivity contribution in [2.75, 3.05) is 0 Å². The van der Waals surface area contributed by atoms with E-state index in [1.165, 1.54) is 0 Å². The van der Waals surface area contributed by atoms with Gasteiger partial charge in [-0.2, -0.15) is 0 Å². The van der Waals surface area contributed by atoms with E-state index in [0.29, 0.717) is 11.4 Å². The van der Waals surface area contributed by atoms with Crippen molar-refractivity contribution in [3.63, 3.8) is 0 Å². The van der Waals surface area contributed by atoms with E-state index in [4.69, 9.17) is 15.6 Å². The molecule has 3 N–H and O–H groups in total. The monoisotopic (exact) mass is 414 g/mol. The van der Waals surface area contributed by atoms with Gasteiger partial charge in [-0.15, -0.1) is 0 Å². The van der Waals surface area contributed by atoms with Crippen molar-refractivity contribution in [2.24, 2.45) is 5.64 Å². The van der Waals surface area contributed by atoms with Gasteiger partial charge in [-0.05, 0) is 23.7 Å². The molecular formula is C26H19BN4O. The van der Waals surface area contributed by atoms with Crippen molar-refractivity contribution in [1.29, 1.82) is 0 Å². The number of benzene rings is 4. The summed E-state index contributed by atoms with van der Waals surface area (Å²) >= 11 is 0. The van der Waals surface area contributed by atoms with Crippen LogP contribution in [0.15, 0.2) is 97.1 Å². The first-order valence-electron chi connectivity index (χ1n) is 10.5. The topological polar surface area (TPSA) is 77.0 Å². The number of hydrogen-bond donors (Lipinski definition) is 2. The summed E-state index contributed by atoms with van der Waals surface area (Å²) in [5, 5.41) is 13.0. The van der Waals surface area contributed by atoms with Crippen LogP contribution in [-0.4, -0.2) is 26.6 Å². The summed E-state index contributed by atoms with van der Waals surface area (Å²) < 4.78 is 2.08. The second kappa shape index (κ2) is 7.30. The summed E-state index contributed by atoms with van der Waals surface area (Å²) in [7, 11) is -1.02. The van der Waals surface area contributed by atoms with Gasteiger partial charge < -0.3 is 10.7 Å². The lowest BCUT2D eigenvalue weighted by atomic mass is 9.75. The van der Waals surface area contributed by atoms with E-state index >= 15 is 0 Å². The number of aromatic nitrogens is 3. The predicted molar refractivity (Wildman–Crippen MR) is 131 cm³/mol. The Labute approximate surface area is 184 Å². The molecule has 0 aliphatic carbocycles. The molecule has 0 saturated carbocycles. The third kappa shape index (κ3) is 2.89. The smallest absolute Gasteiger partial charge is 0.410 e. The number of nitrogens with zero attached hydrogens (tertiary/aromatic N) is 3. The molecular weight excluding hydrogens is 395 g/mol. The van der Waals surface area contributed by atoms with Crippen molar-refractivity contribution >= 4 is 45.2 Å². The second-order valence-corrected chi connectivity index (χ2v) is 7.83. The number of rotatable bonds is 3. The summed E-state index contributed by atoms with van der Waals surface area (Å²) in [5.41, 5.74) is 11.2. The third-order valence-corrected chi connectivity index (χ3v) is 5.88. The average Bonchev–Trinajstić information content (AvgIpc) is 3.17. The van der Waals surface area contributed by atoms with E-state index in [9.17, 15) is 5.02 Å². The standard InChI is InChI=1S/C26H19BN4O/c28-27(32)18-14-15-24-21(16-18)19-10-5-7-13-23(19)31(24)26-29-22-12-6-4-11-20(22)25(30-26)17-8-2-1-3-9-17/h1-16,32H,28H2. The van der Waals surface area contributed by atoms with Crippen LogP contribution < -0.4 is 11.1 Å². The number of para-hydroxylation sites is 2. The van der Waals surface area contributed by atoms with Crippen LogP contribution in [0, 0.1) is 0 Å². The summed E-state index contributed by atoms with van der Waals surface area (Å²) in [6.45, 7) is 0. The first-order chi connectivity index (χ1) is 15.7. The average molecular weight is 414 g/mol. The molecule has 2 aromatic heterocycles. The van der Waals surface area contributed by atoms with Crippen LogP contribution in [-0.2, 0) is 0 Å². The lowest BCUT2D eigenvalue weighted by Crippen LogP contribution is -2.39. The first kappa shape index (κ1) is 18.7. The first-order valence-corrected chi connectivity index (χ1v) is 10.5. The highest BCUT2D eigenvalue weighted by molar-refractivity contribution is 6.63. The summed E-state index contributed by atoms with van der Waals surface area (Å²) in [6, 6.07) is 32.2. The van der Waals surface area contributed by atoms with Crippen molar-refractivity contribution in [3.8, 4) is 17.2 Å². The van der Waals surface area contributed by atoms with Gasteiger partial charge in [-0.25, -0.2) is 9.97 Å². The molecule has 6 heteroatoms. The van der Waals surface area contributed by atoms with Gasteiger partial charge in [-0.3, -0.25) is 4.57 Å². The van der Waals surface area contributed by atoms with Crippen molar-refractivity contribution in [2.45, 2.75) is 0 Å². The molecule has 5 nitrogen and oxygen atoms in total. The molecule has 0 spiro atoms. The summed E-state index contributed by atoms with van der Waals surface area (Å²) in [4.78, 5) is 9.99. The SMILES string of the molecule is NB(O)c1ccc2c(c1)c1ccccc1n2-c1nc(-c2ccccc2)c2ccccc2n1. The highest BCUT2D eigenvalue weighted by atomic mass is 16.2. The zero-order valence-corrected chi connectivity index (χ0v) is 17.2. The summed E-state index contributed by atoms with van der Waals surface area (Å²) in [6.07, 6.45) is 0. The predicted octanol–water partition coefficient (Wildman–Crippen LogP) is 4.04. The number of fused-ring (bicyclic) bond motifs is 4. The maximum atomic E-state index is 9.91. The van der Waals surface area contributed by atoms with Crippen LogP contribution in [0.1, 0.15) is 0 Å². The Kier molecular flexibility index (Phi) is 4.28.